The molecule has 0 radical (unpaired) electrons. The fourth-order valence-electron chi connectivity index (χ4n) is 4.72. The van der Waals surface area contributed by atoms with Crippen molar-refractivity contribution in [2.24, 2.45) is 0 Å². The van der Waals surface area contributed by atoms with Crippen LogP contribution in [0.2, 0.25) is 5.02 Å². The molecule has 0 aliphatic rings. The smallest absolute Gasteiger partial charge is 0.264 e. The van der Waals surface area contributed by atoms with Crippen molar-refractivity contribution in [3.05, 3.63) is 130 Å². The third-order valence-corrected chi connectivity index (χ3v) is 9.29. The van der Waals surface area contributed by atoms with Gasteiger partial charge in [-0.15, -0.1) is 0 Å². The molecule has 0 unspecified atom stereocenters. The summed E-state index contributed by atoms with van der Waals surface area (Å²) in [6.45, 7) is 3.15. The third-order valence-electron chi connectivity index (χ3n) is 7.11. The van der Waals surface area contributed by atoms with Crippen molar-refractivity contribution in [1.29, 1.82) is 0 Å². The normalized spacial score (nSPS) is 11.9. The molecule has 0 aromatic heterocycles. The van der Waals surface area contributed by atoms with Crippen LogP contribution in [0, 0.1) is 13.8 Å². The van der Waals surface area contributed by atoms with Crippen LogP contribution in [0.5, 0.6) is 0 Å². The van der Waals surface area contributed by atoms with Gasteiger partial charge in [0, 0.05) is 25.0 Å². The standard InChI is InChI=1S/C33H34ClN3O4S/c1-24-17-19-28(20-18-24)42(40,41)37(30-16-10-15-29(34)25(30)2)23-32(38)36(22-27-13-8-5-9-14-27)31(33(39)35-3)21-26-11-6-4-7-12-26/h4-20,31H,21-23H2,1-3H3,(H,35,39)/t31-/m1/s1. The van der Waals surface area contributed by atoms with Crippen LogP contribution in [0.3, 0.4) is 0 Å². The minimum Gasteiger partial charge on any atom is -0.357 e. The van der Waals surface area contributed by atoms with Crippen LogP contribution in [0.4, 0.5) is 5.69 Å². The molecule has 42 heavy (non-hydrogen) atoms. The topological polar surface area (TPSA) is 86.8 Å². The highest BCUT2D eigenvalue weighted by Crippen LogP contribution is 2.31. The van der Waals surface area contributed by atoms with Gasteiger partial charge < -0.3 is 10.2 Å². The number of likely N-dealkylation sites (N-methyl/N-ethyl adjacent to an activating group) is 1. The number of nitrogens with zero attached hydrogens (tertiary/aromatic N) is 2. The van der Waals surface area contributed by atoms with Gasteiger partial charge in [0.1, 0.15) is 12.6 Å². The number of carbonyl (C=O) groups is 2. The van der Waals surface area contributed by atoms with Crippen molar-refractivity contribution < 1.29 is 18.0 Å². The average molecular weight is 604 g/mol. The lowest BCUT2D eigenvalue weighted by atomic mass is 10.0. The minimum atomic E-state index is -4.20. The van der Waals surface area contributed by atoms with Gasteiger partial charge >= 0.3 is 0 Å². The number of carbonyl (C=O) groups excluding carboxylic acids is 2. The van der Waals surface area contributed by atoms with Gasteiger partial charge in [-0.05, 0) is 54.8 Å². The maximum absolute atomic E-state index is 14.3. The Morgan fingerprint density at radius 1 is 0.810 bits per heavy atom. The van der Waals surface area contributed by atoms with Crippen molar-refractivity contribution in [2.75, 3.05) is 17.9 Å². The van der Waals surface area contributed by atoms with Gasteiger partial charge in [-0.2, -0.15) is 0 Å². The lowest BCUT2D eigenvalue weighted by molar-refractivity contribution is -0.139. The van der Waals surface area contributed by atoms with Crippen molar-refractivity contribution in [2.45, 2.75) is 37.8 Å². The first-order chi connectivity index (χ1) is 20.1. The maximum Gasteiger partial charge on any atom is 0.264 e. The molecule has 0 bridgehead atoms. The van der Waals surface area contributed by atoms with Crippen LogP contribution in [-0.2, 0) is 32.6 Å². The minimum absolute atomic E-state index is 0.0435. The fourth-order valence-corrected chi connectivity index (χ4v) is 6.36. The highest BCUT2D eigenvalue weighted by Gasteiger charge is 2.35. The number of sulfonamides is 1. The molecule has 7 nitrogen and oxygen atoms in total. The summed E-state index contributed by atoms with van der Waals surface area (Å²) in [6.07, 6.45) is 0.250. The molecule has 9 heteroatoms. The van der Waals surface area contributed by atoms with Crippen LogP contribution < -0.4 is 9.62 Å². The summed E-state index contributed by atoms with van der Waals surface area (Å²) in [7, 11) is -2.67. The Bertz CT molecular complexity index is 1630. The molecule has 4 rings (SSSR count). The number of hydrogen-bond acceptors (Lipinski definition) is 4. The summed E-state index contributed by atoms with van der Waals surface area (Å²) in [5, 5.41) is 3.06. The third kappa shape index (κ3) is 7.19. The second-order valence-electron chi connectivity index (χ2n) is 10.0. The Balaban J connectivity index is 1.81. The zero-order valence-electron chi connectivity index (χ0n) is 23.8. The highest BCUT2D eigenvalue weighted by molar-refractivity contribution is 7.92. The predicted octanol–water partition coefficient (Wildman–Crippen LogP) is 5.54. The van der Waals surface area contributed by atoms with E-state index in [1.807, 2.05) is 67.6 Å². The highest BCUT2D eigenvalue weighted by atomic mass is 35.5. The molecule has 1 N–H and O–H groups in total. The summed E-state index contributed by atoms with van der Waals surface area (Å²) >= 11 is 6.41. The number of rotatable bonds is 11. The average Bonchev–Trinajstić information content (AvgIpc) is 3.00. The van der Waals surface area contributed by atoms with Crippen molar-refractivity contribution in [3.63, 3.8) is 0 Å². The van der Waals surface area contributed by atoms with Crippen molar-refractivity contribution in [3.8, 4) is 0 Å². The zero-order valence-corrected chi connectivity index (χ0v) is 25.4. The van der Waals surface area contributed by atoms with Crippen molar-refractivity contribution >= 4 is 39.1 Å². The number of halogens is 1. The van der Waals surface area contributed by atoms with E-state index in [0.717, 1.165) is 21.0 Å². The lowest BCUT2D eigenvalue weighted by Gasteiger charge is -2.34. The van der Waals surface area contributed by atoms with Crippen molar-refractivity contribution in [1.82, 2.24) is 10.2 Å². The van der Waals surface area contributed by atoms with E-state index in [-0.39, 0.29) is 29.5 Å². The van der Waals surface area contributed by atoms with E-state index in [0.29, 0.717) is 10.6 Å². The summed E-state index contributed by atoms with van der Waals surface area (Å²) in [5.41, 5.74) is 3.38. The summed E-state index contributed by atoms with van der Waals surface area (Å²) in [4.78, 5) is 29.1. The maximum atomic E-state index is 14.3. The van der Waals surface area contributed by atoms with Crippen LogP contribution in [0.25, 0.3) is 0 Å². The van der Waals surface area contributed by atoms with Gasteiger partial charge in [0.25, 0.3) is 10.0 Å². The number of hydrogen-bond donors (Lipinski definition) is 1. The molecule has 0 aliphatic heterocycles. The monoisotopic (exact) mass is 603 g/mol. The molecule has 4 aromatic rings. The predicted molar refractivity (Wildman–Crippen MR) is 167 cm³/mol. The molecular weight excluding hydrogens is 570 g/mol. The zero-order chi connectivity index (χ0) is 30.3. The number of aryl methyl sites for hydroxylation is 1. The van der Waals surface area contributed by atoms with E-state index in [2.05, 4.69) is 5.32 Å². The Morgan fingerprint density at radius 2 is 1.40 bits per heavy atom. The Kier molecular flexibility index (Phi) is 10.0. The summed E-state index contributed by atoms with van der Waals surface area (Å²) < 4.78 is 29.3. The van der Waals surface area contributed by atoms with Crippen LogP contribution >= 0.6 is 11.6 Å². The van der Waals surface area contributed by atoms with Gasteiger partial charge in [-0.25, -0.2) is 8.42 Å². The first-order valence-corrected chi connectivity index (χ1v) is 15.4. The van der Waals surface area contributed by atoms with Gasteiger partial charge in [0.05, 0.1) is 10.6 Å². The van der Waals surface area contributed by atoms with E-state index in [1.165, 1.54) is 24.1 Å². The Labute approximate surface area is 252 Å². The van der Waals surface area contributed by atoms with Crippen LogP contribution in [0.1, 0.15) is 22.3 Å². The SMILES string of the molecule is CNC(=O)[C@@H](Cc1ccccc1)N(Cc1ccccc1)C(=O)CN(c1cccc(Cl)c1C)S(=O)(=O)c1ccc(C)cc1. The van der Waals surface area contributed by atoms with Gasteiger partial charge in [0.2, 0.25) is 11.8 Å². The van der Waals surface area contributed by atoms with Gasteiger partial charge in [0.15, 0.2) is 0 Å². The molecular formula is C33H34ClN3O4S. The molecule has 1 atom stereocenters. The number of benzene rings is 4. The van der Waals surface area contributed by atoms with E-state index in [4.69, 9.17) is 11.6 Å². The molecule has 2 amide bonds. The van der Waals surface area contributed by atoms with E-state index in [1.54, 1.807) is 37.3 Å². The largest absolute Gasteiger partial charge is 0.357 e. The molecule has 0 saturated carbocycles. The first-order valence-electron chi connectivity index (χ1n) is 13.5. The Morgan fingerprint density at radius 3 is 2.00 bits per heavy atom. The number of nitrogens with one attached hydrogen (secondary N) is 1. The first kappa shape index (κ1) is 30.8. The lowest BCUT2D eigenvalue weighted by Crippen LogP contribution is -2.53. The molecule has 0 aliphatic carbocycles. The van der Waals surface area contributed by atoms with E-state index >= 15 is 0 Å². The Hall–Kier alpha value is -4.14. The second kappa shape index (κ2) is 13.7. The molecule has 0 fully saturated rings. The second-order valence-corrected chi connectivity index (χ2v) is 12.3. The van der Waals surface area contributed by atoms with Gasteiger partial charge in [-0.3, -0.25) is 13.9 Å². The quantitative estimate of drug-likeness (QED) is 0.244. The fraction of sp³-hybridized carbons (Fsp3) is 0.212. The number of amides is 2. The van der Waals surface area contributed by atoms with E-state index < -0.39 is 28.5 Å². The van der Waals surface area contributed by atoms with Crippen LogP contribution in [0.15, 0.2) is 108 Å². The molecule has 0 spiro atoms. The molecule has 218 valence electrons. The molecule has 4 aromatic carbocycles. The van der Waals surface area contributed by atoms with Gasteiger partial charge in [-0.1, -0.05) is 96.0 Å². The summed E-state index contributed by atoms with van der Waals surface area (Å²) in [5.74, 6) is -0.881. The summed E-state index contributed by atoms with van der Waals surface area (Å²) in [6, 6.07) is 29.2. The number of anilines is 1. The molecule has 0 heterocycles. The van der Waals surface area contributed by atoms with Crippen LogP contribution in [-0.4, -0.2) is 44.8 Å². The molecule has 0 saturated heterocycles. The van der Waals surface area contributed by atoms with E-state index in [9.17, 15) is 18.0 Å².